The number of benzene rings is 4. The maximum Gasteiger partial charge on any atom is 0.325 e. The Morgan fingerprint density at radius 3 is 2.05 bits per heavy atom. The van der Waals surface area contributed by atoms with Crippen LogP contribution in [0.2, 0.25) is 0 Å². The Morgan fingerprint density at radius 1 is 0.773 bits per heavy atom. The molecule has 0 unspecified atom stereocenters. The summed E-state index contributed by atoms with van der Waals surface area (Å²) in [5, 5.41) is 7.08. The van der Waals surface area contributed by atoms with Gasteiger partial charge in [-0.05, 0) is 44.3 Å². The molecule has 0 fully saturated rings. The van der Waals surface area contributed by atoms with E-state index >= 15 is 0 Å². The van der Waals surface area contributed by atoms with Crippen molar-refractivity contribution in [2.75, 3.05) is 6.16 Å². The zero-order chi connectivity index (χ0) is 15.3. The third kappa shape index (κ3) is 2.19. The third-order valence-corrected chi connectivity index (χ3v) is 5.10. The van der Waals surface area contributed by atoms with Crippen LogP contribution in [0.5, 0.6) is 0 Å². The van der Waals surface area contributed by atoms with Gasteiger partial charge in [0.15, 0.2) is 0 Å². The van der Waals surface area contributed by atoms with E-state index in [4.69, 9.17) is 9.79 Å². The molecule has 4 aromatic carbocycles. The van der Waals surface area contributed by atoms with Crippen LogP contribution < -0.4 is 0 Å². The second kappa shape index (κ2) is 4.79. The summed E-state index contributed by atoms with van der Waals surface area (Å²) in [7, 11) is -3.98. The van der Waals surface area contributed by atoms with E-state index in [0.29, 0.717) is 6.42 Å². The van der Waals surface area contributed by atoms with Crippen molar-refractivity contribution in [3.05, 3.63) is 60.2 Å². The molecule has 0 aliphatic heterocycles. The quantitative estimate of drug-likeness (QED) is 0.438. The number of rotatable bonds is 3. The molecule has 0 heterocycles. The van der Waals surface area contributed by atoms with Crippen molar-refractivity contribution < 1.29 is 14.4 Å². The number of hydrogen-bond donors (Lipinski definition) is 2. The minimum Gasteiger partial charge on any atom is -0.324 e. The molecule has 22 heavy (non-hydrogen) atoms. The van der Waals surface area contributed by atoms with Crippen molar-refractivity contribution in [2.24, 2.45) is 0 Å². The zero-order valence-corrected chi connectivity index (χ0v) is 12.8. The standard InChI is InChI=1S/C18H15O3P/c19-22(20,21)11-10-12-4-5-15-7-6-13-2-1-3-14-8-9-16(12)18(15)17(13)14/h1-9H,10-11H2,(H2,19,20,21). The summed E-state index contributed by atoms with van der Waals surface area (Å²) in [6, 6.07) is 18.7. The van der Waals surface area contributed by atoms with Gasteiger partial charge in [0, 0.05) is 0 Å². The predicted octanol–water partition coefficient (Wildman–Crippen LogP) is 4.30. The van der Waals surface area contributed by atoms with Crippen molar-refractivity contribution in [3.8, 4) is 0 Å². The first-order valence-corrected chi connectivity index (χ1v) is 9.03. The van der Waals surface area contributed by atoms with Crippen LogP contribution in [0.25, 0.3) is 32.3 Å². The van der Waals surface area contributed by atoms with Crippen LogP contribution in [-0.2, 0) is 11.0 Å². The molecule has 0 amide bonds. The second-order valence-electron chi connectivity index (χ2n) is 5.72. The Bertz CT molecular complexity index is 1020. The lowest BCUT2D eigenvalue weighted by molar-refractivity contribution is 0.373. The van der Waals surface area contributed by atoms with E-state index in [1.807, 2.05) is 12.1 Å². The molecule has 0 aromatic heterocycles. The SMILES string of the molecule is O=P(O)(O)CCc1ccc2ccc3cccc4ccc1c2c34. The van der Waals surface area contributed by atoms with Gasteiger partial charge in [-0.1, -0.05) is 54.6 Å². The summed E-state index contributed by atoms with van der Waals surface area (Å²) in [5.74, 6) is 0. The van der Waals surface area contributed by atoms with E-state index in [1.54, 1.807) is 0 Å². The minimum absolute atomic E-state index is 0.114. The highest BCUT2D eigenvalue weighted by Gasteiger charge is 2.15. The number of hydrogen-bond acceptors (Lipinski definition) is 1. The Morgan fingerprint density at radius 2 is 1.36 bits per heavy atom. The zero-order valence-electron chi connectivity index (χ0n) is 11.9. The topological polar surface area (TPSA) is 57.5 Å². The molecule has 0 aliphatic carbocycles. The Hall–Kier alpha value is -1.93. The fourth-order valence-corrected chi connectivity index (χ4v) is 3.81. The summed E-state index contributed by atoms with van der Waals surface area (Å²) < 4.78 is 11.2. The predicted molar refractivity (Wildman–Crippen MR) is 90.8 cm³/mol. The highest BCUT2D eigenvalue weighted by molar-refractivity contribution is 7.51. The molecule has 2 N–H and O–H groups in total. The molecule has 0 spiro atoms. The molecule has 0 aliphatic rings. The summed E-state index contributed by atoms with van der Waals surface area (Å²) in [6.45, 7) is 0. The Balaban J connectivity index is 2.02. The van der Waals surface area contributed by atoms with Gasteiger partial charge < -0.3 is 9.79 Å². The first-order valence-electron chi connectivity index (χ1n) is 7.23. The summed E-state index contributed by atoms with van der Waals surface area (Å²) in [4.78, 5) is 18.3. The molecule has 0 atom stereocenters. The molecule has 110 valence electrons. The molecule has 0 radical (unpaired) electrons. The van der Waals surface area contributed by atoms with Crippen molar-refractivity contribution in [3.63, 3.8) is 0 Å². The first kappa shape index (κ1) is 13.7. The van der Waals surface area contributed by atoms with Crippen LogP contribution in [0.1, 0.15) is 5.56 Å². The van der Waals surface area contributed by atoms with E-state index in [1.165, 1.54) is 26.9 Å². The van der Waals surface area contributed by atoms with Gasteiger partial charge in [-0.3, -0.25) is 4.57 Å². The number of aryl methyl sites for hydroxylation is 1. The van der Waals surface area contributed by atoms with Gasteiger partial charge in [0.25, 0.3) is 0 Å². The smallest absolute Gasteiger partial charge is 0.324 e. The first-order chi connectivity index (χ1) is 10.5. The van der Waals surface area contributed by atoms with Crippen molar-refractivity contribution in [1.29, 1.82) is 0 Å². The van der Waals surface area contributed by atoms with E-state index < -0.39 is 7.60 Å². The lowest BCUT2D eigenvalue weighted by atomic mass is 9.91. The Labute approximate surface area is 127 Å². The highest BCUT2D eigenvalue weighted by atomic mass is 31.2. The molecule has 3 nitrogen and oxygen atoms in total. The van der Waals surface area contributed by atoms with Gasteiger partial charge in [0.1, 0.15) is 0 Å². The summed E-state index contributed by atoms with van der Waals surface area (Å²) in [6.07, 6.45) is 0.273. The van der Waals surface area contributed by atoms with Crippen LogP contribution in [0.15, 0.2) is 54.6 Å². The van der Waals surface area contributed by atoms with Gasteiger partial charge in [-0.2, -0.15) is 0 Å². The maximum absolute atomic E-state index is 11.2. The van der Waals surface area contributed by atoms with Crippen LogP contribution in [0.4, 0.5) is 0 Å². The van der Waals surface area contributed by atoms with Crippen molar-refractivity contribution in [2.45, 2.75) is 6.42 Å². The van der Waals surface area contributed by atoms with Gasteiger partial charge >= 0.3 is 7.60 Å². The second-order valence-corrected chi connectivity index (χ2v) is 7.50. The summed E-state index contributed by atoms with van der Waals surface area (Å²) >= 11 is 0. The monoisotopic (exact) mass is 310 g/mol. The third-order valence-electron chi connectivity index (χ3n) is 4.29. The largest absolute Gasteiger partial charge is 0.325 e. The molecule has 0 saturated heterocycles. The average molecular weight is 310 g/mol. The highest BCUT2D eigenvalue weighted by Crippen LogP contribution is 2.39. The lowest BCUT2D eigenvalue weighted by Gasteiger charge is -2.14. The van der Waals surface area contributed by atoms with Gasteiger partial charge in [0.2, 0.25) is 0 Å². The van der Waals surface area contributed by atoms with Gasteiger partial charge in [0.05, 0.1) is 6.16 Å². The molecule has 0 saturated carbocycles. The lowest BCUT2D eigenvalue weighted by Crippen LogP contribution is -1.96. The van der Waals surface area contributed by atoms with Gasteiger partial charge in [-0.15, -0.1) is 0 Å². The minimum atomic E-state index is -3.98. The molecule has 4 aromatic rings. The molecular weight excluding hydrogens is 295 g/mol. The average Bonchev–Trinajstić information content (AvgIpc) is 2.50. The van der Waals surface area contributed by atoms with Crippen molar-refractivity contribution in [1.82, 2.24) is 0 Å². The van der Waals surface area contributed by atoms with Crippen molar-refractivity contribution >= 4 is 39.9 Å². The fraction of sp³-hybridized carbons (Fsp3) is 0.111. The van der Waals surface area contributed by atoms with E-state index in [2.05, 4.69) is 42.5 Å². The van der Waals surface area contributed by atoms with Crippen LogP contribution in [-0.4, -0.2) is 15.9 Å². The molecule has 4 heteroatoms. The summed E-state index contributed by atoms with van der Waals surface area (Å²) in [5.41, 5.74) is 0.995. The van der Waals surface area contributed by atoms with E-state index in [9.17, 15) is 4.57 Å². The maximum atomic E-state index is 11.2. The molecule has 4 rings (SSSR count). The normalized spacial score (nSPS) is 12.6. The molecule has 0 bridgehead atoms. The van der Waals surface area contributed by atoms with E-state index in [-0.39, 0.29) is 6.16 Å². The van der Waals surface area contributed by atoms with Crippen LogP contribution in [0, 0.1) is 0 Å². The van der Waals surface area contributed by atoms with Crippen LogP contribution in [0.3, 0.4) is 0 Å². The van der Waals surface area contributed by atoms with E-state index in [0.717, 1.165) is 10.9 Å². The fourth-order valence-electron chi connectivity index (χ4n) is 3.28. The molecular formula is C18H15O3P. The van der Waals surface area contributed by atoms with Crippen LogP contribution >= 0.6 is 7.60 Å². The Kier molecular flexibility index (Phi) is 2.98. The van der Waals surface area contributed by atoms with Gasteiger partial charge in [-0.25, -0.2) is 0 Å².